The summed E-state index contributed by atoms with van der Waals surface area (Å²) in [5.74, 6) is 0.122. The van der Waals surface area contributed by atoms with E-state index in [2.05, 4.69) is 4.98 Å². The van der Waals surface area contributed by atoms with Crippen LogP contribution < -0.4 is 9.47 Å². The van der Waals surface area contributed by atoms with Crippen molar-refractivity contribution in [2.24, 2.45) is 0 Å². The lowest BCUT2D eigenvalue weighted by molar-refractivity contribution is 0.303. The molecule has 1 aromatic heterocycles. The van der Waals surface area contributed by atoms with E-state index < -0.39 is 11.6 Å². The van der Waals surface area contributed by atoms with Crippen LogP contribution in [0, 0.1) is 11.6 Å². The lowest BCUT2D eigenvalue weighted by Gasteiger charge is -2.09. The van der Waals surface area contributed by atoms with E-state index in [9.17, 15) is 8.78 Å². The molecule has 0 fully saturated rings. The number of pyridine rings is 1. The number of hydrogen-bond donors (Lipinski definition) is 0. The fraction of sp³-hybridized carbons (Fsp3) is 0.105. The Labute approximate surface area is 138 Å². The number of methoxy groups -OCH3 is 1. The van der Waals surface area contributed by atoms with E-state index in [4.69, 9.17) is 9.47 Å². The van der Waals surface area contributed by atoms with Gasteiger partial charge in [0.2, 0.25) is 0 Å². The van der Waals surface area contributed by atoms with E-state index in [0.717, 1.165) is 11.6 Å². The molecule has 24 heavy (non-hydrogen) atoms. The van der Waals surface area contributed by atoms with Gasteiger partial charge in [0, 0.05) is 35.7 Å². The molecule has 1 heterocycles. The van der Waals surface area contributed by atoms with Crippen LogP contribution in [0.25, 0.3) is 11.1 Å². The Morgan fingerprint density at radius 2 is 1.62 bits per heavy atom. The predicted molar refractivity (Wildman–Crippen MR) is 86.9 cm³/mol. The van der Waals surface area contributed by atoms with Crippen LogP contribution in [-0.2, 0) is 6.61 Å². The minimum absolute atomic E-state index is 0.284. The number of ether oxygens (including phenoxy) is 2. The first-order chi connectivity index (χ1) is 11.6. The number of hydrogen-bond acceptors (Lipinski definition) is 3. The summed E-state index contributed by atoms with van der Waals surface area (Å²) >= 11 is 0. The van der Waals surface area contributed by atoms with Gasteiger partial charge in [0.1, 0.15) is 29.7 Å². The van der Waals surface area contributed by atoms with Crippen molar-refractivity contribution < 1.29 is 18.3 Å². The molecule has 0 aliphatic heterocycles. The van der Waals surface area contributed by atoms with Gasteiger partial charge in [-0.05, 0) is 35.9 Å². The summed E-state index contributed by atoms with van der Waals surface area (Å²) in [5.41, 5.74) is 1.85. The van der Waals surface area contributed by atoms with Crippen LogP contribution in [0.3, 0.4) is 0 Å². The maximum absolute atomic E-state index is 13.4. The summed E-state index contributed by atoms with van der Waals surface area (Å²) in [6.07, 6.45) is 3.21. The quantitative estimate of drug-likeness (QED) is 0.685. The molecule has 3 nitrogen and oxygen atoms in total. The van der Waals surface area contributed by atoms with E-state index in [1.165, 1.54) is 12.1 Å². The van der Waals surface area contributed by atoms with Gasteiger partial charge in [-0.1, -0.05) is 6.07 Å². The third-order valence-electron chi connectivity index (χ3n) is 3.44. The number of aromatic nitrogens is 1. The lowest BCUT2D eigenvalue weighted by Crippen LogP contribution is -1.97. The molecular formula is C19H15F2NO2. The number of benzene rings is 2. The summed E-state index contributed by atoms with van der Waals surface area (Å²) in [4.78, 5) is 4.12. The maximum atomic E-state index is 13.4. The molecule has 0 amide bonds. The van der Waals surface area contributed by atoms with Crippen molar-refractivity contribution in [2.75, 3.05) is 7.11 Å². The predicted octanol–water partition coefficient (Wildman–Crippen LogP) is 4.61. The number of nitrogens with zero attached hydrogens (tertiary/aromatic N) is 1. The van der Waals surface area contributed by atoms with Crippen molar-refractivity contribution in [2.45, 2.75) is 6.61 Å². The van der Waals surface area contributed by atoms with Gasteiger partial charge in [-0.25, -0.2) is 8.78 Å². The Hall–Kier alpha value is -2.95. The topological polar surface area (TPSA) is 31.4 Å². The van der Waals surface area contributed by atoms with Crippen LogP contribution in [-0.4, -0.2) is 12.1 Å². The van der Waals surface area contributed by atoms with E-state index in [0.29, 0.717) is 22.6 Å². The summed E-state index contributed by atoms with van der Waals surface area (Å²) in [5, 5.41) is 0. The smallest absolute Gasteiger partial charge is 0.126 e. The summed E-state index contributed by atoms with van der Waals surface area (Å²) < 4.78 is 37.6. The fourth-order valence-corrected chi connectivity index (χ4v) is 2.30. The Morgan fingerprint density at radius 1 is 0.875 bits per heavy atom. The zero-order valence-corrected chi connectivity index (χ0v) is 13.0. The summed E-state index contributed by atoms with van der Waals surface area (Å²) in [6, 6.07) is 12.4. The molecule has 0 unspecified atom stereocenters. The van der Waals surface area contributed by atoms with Crippen molar-refractivity contribution in [1.82, 2.24) is 4.98 Å². The zero-order chi connectivity index (χ0) is 16.9. The minimum atomic E-state index is -0.622. The third kappa shape index (κ3) is 3.87. The van der Waals surface area contributed by atoms with Crippen LogP contribution in [0.1, 0.15) is 5.56 Å². The Morgan fingerprint density at radius 3 is 2.38 bits per heavy atom. The van der Waals surface area contributed by atoms with Crippen molar-refractivity contribution in [3.63, 3.8) is 0 Å². The lowest BCUT2D eigenvalue weighted by atomic mass is 10.1. The van der Waals surface area contributed by atoms with Gasteiger partial charge in [-0.15, -0.1) is 0 Å². The van der Waals surface area contributed by atoms with E-state index in [-0.39, 0.29) is 6.61 Å². The fourth-order valence-electron chi connectivity index (χ4n) is 2.30. The first-order valence-electron chi connectivity index (χ1n) is 7.31. The van der Waals surface area contributed by atoms with Gasteiger partial charge >= 0.3 is 0 Å². The van der Waals surface area contributed by atoms with E-state index in [1.807, 2.05) is 18.2 Å². The second-order valence-corrected chi connectivity index (χ2v) is 5.21. The Bertz CT molecular complexity index is 832. The first kappa shape index (κ1) is 15.9. The highest BCUT2D eigenvalue weighted by molar-refractivity contribution is 5.63. The van der Waals surface area contributed by atoms with Crippen LogP contribution in [0.4, 0.5) is 8.78 Å². The Balaban J connectivity index is 1.77. The second kappa shape index (κ2) is 7.08. The molecule has 0 aliphatic rings. The largest absolute Gasteiger partial charge is 0.497 e. The number of rotatable bonds is 5. The molecule has 2 aromatic carbocycles. The molecule has 0 spiro atoms. The third-order valence-corrected chi connectivity index (χ3v) is 3.44. The molecular weight excluding hydrogens is 312 g/mol. The van der Waals surface area contributed by atoms with Crippen LogP contribution in [0.15, 0.2) is 60.9 Å². The highest BCUT2D eigenvalue weighted by Crippen LogP contribution is 2.23. The van der Waals surface area contributed by atoms with Gasteiger partial charge in [-0.3, -0.25) is 4.98 Å². The van der Waals surface area contributed by atoms with Crippen molar-refractivity contribution in [3.8, 4) is 22.6 Å². The van der Waals surface area contributed by atoms with Crippen LogP contribution in [0.2, 0.25) is 0 Å². The van der Waals surface area contributed by atoms with Crippen molar-refractivity contribution in [1.29, 1.82) is 0 Å². The van der Waals surface area contributed by atoms with Crippen LogP contribution >= 0.6 is 0 Å². The second-order valence-electron chi connectivity index (χ2n) is 5.21. The van der Waals surface area contributed by atoms with E-state index >= 15 is 0 Å². The average molecular weight is 327 g/mol. The zero-order valence-electron chi connectivity index (χ0n) is 13.0. The molecule has 0 atom stereocenters. The normalized spacial score (nSPS) is 10.5. The SMILES string of the molecule is COc1cccc(OCc2cncc(-c3cc(F)cc(F)c3)c2)c1. The average Bonchev–Trinajstić information content (AvgIpc) is 2.59. The summed E-state index contributed by atoms with van der Waals surface area (Å²) in [6.45, 7) is 0.284. The highest BCUT2D eigenvalue weighted by Gasteiger charge is 2.06. The standard InChI is InChI=1S/C19H15F2NO2/c1-23-18-3-2-4-19(9-18)24-12-13-5-15(11-22-10-13)14-6-16(20)8-17(21)7-14/h2-11H,12H2,1H3. The molecule has 5 heteroatoms. The van der Waals surface area contributed by atoms with E-state index in [1.54, 1.807) is 31.6 Å². The molecule has 0 saturated heterocycles. The van der Waals surface area contributed by atoms with Gasteiger partial charge in [0.05, 0.1) is 7.11 Å². The molecule has 3 rings (SSSR count). The Kier molecular flexibility index (Phi) is 4.70. The van der Waals surface area contributed by atoms with Gasteiger partial charge < -0.3 is 9.47 Å². The van der Waals surface area contributed by atoms with Crippen LogP contribution in [0.5, 0.6) is 11.5 Å². The molecule has 122 valence electrons. The van der Waals surface area contributed by atoms with Crippen molar-refractivity contribution >= 4 is 0 Å². The van der Waals surface area contributed by atoms with Gasteiger partial charge in [0.15, 0.2) is 0 Å². The minimum Gasteiger partial charge on any atom is -0.497 e. The molecule has 0 N–H and O–H groups in total. The molecule has 3 aromatic rings. The molecule has 0 aliphatic carbocycles. The van der Waals surface area contributed by atoms with Crippen molar-refractivity contribution in [3.05, 3.63) is 78.1 Å². The highest BCUT2D eigenvalue weighted by atomic mass is 19.1. The number of halogens is 2. The summed E-state index contributed by atoms with van der Waals surface area (Å²) in [7, 11) is 1.59. The van der Waals surface area contributed by atoms with Gasteiger partial charge in [-0.2, -0.15) is 0 Å². The molecule has 0 radical (unpaired) electrons. The first-order valence-corrected chi connectivity index (χ1v) is 7.31. The monoisotopic (exact) mass is 327 g/mol. The molecule has 0 saturated carbocycles. The molecule has 0 bridgehead atoms. The van der Waals surface area contributed by atoms with Gasteiger partial charge in [0.25, 0.3) is 0 Å². The maximum Gasteiger partial charge on any atom is 0.126 e.